The number of hydrogen-bond donors (Lipinski definition) is 0. The fourth-order valence-electron chi connectivity index (χ4n) is 2.29. The standard InChI is InChI=1S/C16H20ClN3/c1-4-7-14-15(17)18-11-19-16(14)20(3)10-13-9-6-5-8-12(13)2/h5-6,8-9,11H,4,7,10H2,1-3H3. The number of hydrogen-bond acceptors (Lipinski definition) is 3. The van der Waals surface area contributed by atoms with Crippen molar-refractivity contribution in [1.29, 1.82) is 0 Å². The van der Waals surface area contributed by atoms with Crippen LogP contribution < -0.4 is 4.90 Å². The molecule has 0 amide bonds. The van der Waals surface area contributed by atoms with Crippen LogP contribution in [0.15, 0.2) is 30.6 Å². The maximum Gasteiger partial charge on any atom is 0.137 e. The summed E-state index contributed by atoms with van der Waals surface area (Å²) >= 11 is 6.21. The van der Waals surface area contributed by atoms with Crippen LogP contribution in [0.25, 0.3) is 0 Å². The third-order valence-corrected chi connectivity index (χ3v) is 3.73. The summed E-state index contributed by atoms with van der Waals surface area (Å²) in [5.41, 5.74) is 3.62. The molecule has 0 saturated heterocycles. The smallest absolute Gasteiger partial charge is 0.137 e. The topological polar surface area (TPSA) is 29.0 Å². The first-order valence-corrected chi connectivity index (χ1v) is 7.26. The van der Waals surface area contributed by atoms with Gasteiger partial charge in [-0.05, 0) is 24.5 Å². The normalized spacial score (nSPS) is 10.6. The Labute approximate surface area is 125 Å². The summed E-state index contributed by atoms with van der Waals surface area (Å²) in [6.07, 6.45) is 3.45. The SMILES string of the molecule is CCCc1c(Cl)ncnc1N(C)Cc1ccccc1C. The van der Waals surface area contributed by atoms with Gasteiger partial charge in [-0.2, -0.15) is 0 Å². The number of benzene rings is 1. The summed E-state index contributed by atoms with van der Waals surface area (Å²) in [7, 11) is 2.05. The lowest BCUT2D eigenvalue weighted by atomic mass is 10.1. The van der Waals surface area contributed by atoms with Crippen molar-refractivity contribution in [3.63, 3.8) is 0 Å². The maximum absolute atomic E-state index is 6.21. The van der Waals surface area contributed by atoms with Crippen molar-refractivity contribution in [2.45, 2.75) is 33.2 Å². The molecule has 0 bridgehead atoms. The van der Waals surface area contributed by atoms with Crippen molar-refractivity contribution >= 4 is 17.4 Å². The molecule has 2 aromatic rings. The first-order valence-electron chi connectivity index (χ1n) is 6.88. The Bertz CT molecular complexity index is 584. The number of halogens is 1. The lowest BCUT2D eigenvalue weighted by Gasteiger charge is -2.22. The molecule has 3 nitrogen and oxygen atoms in total. The summed E-state index contributed by atoms with van der Waals surface area (Å²) < 4.78 is 0. The Morgan fingerprint density at radius 3 is 2.65 bits per heavy atom. The predicted molar refractivity (Wildman–Crippen MR) is 84.3 cm³/mol. The van der Waals surface area contributed by atoms with Gasteiger partial charge in [0.15, 0.2) is 0 Å². The minimum absolute atomic E-state index is 0.563. The molecule has 0 unspecified atom stereocenters. The van der Waals surface area contributed by atoms with E-state index >= 15 is 0 Å². The molecule has 1 aromatic carbocycles. The Morgan fingerprint density at radius 1 is 1.20 bits per heavy atom. The van der Waals surface area contributed by atoms with Gasteiger partial charge in [-0.1, -0.05) is 49.2 Å². The van der Waals surface area contributed by atoms with Crippen LogP contribution in [0.1, 0.15) is 30.0 Å². The van der Waals surface area contributed by atoms with Gasteiger partial charge < -0.3 is 4.90 Å². The van der Waals surface area contributed by atoms with Crippen LogP contribution in [0.4, 0.5) is 5.82 Å². The molecule has 106 valence electrons. The molecule has 0 atom stereocenters. The van der Waals surface area contributed by atoms with Gasteiger partial charge in [0.05, 0.1) is 0 Å². The van der Waals surface area contributed by atoms with Gasteiger partial charge in [-0.3, -0.25) is 0 Å². The van der Waals surface area contributed by atoms with Crippen molar-refractivity contribution in [3.05, 3.63) is 52.4 Å². The number of nitrogens with zero attached hydrogens (tertiary/aromatic N) is 3. The van der Waals surface area contributed by atoms with Crippen LogP contribution in [0.3, 0.4) is 0 Å². The van der Waals surface area contributed by atoms with Crippen LogP contribution in [0.2, 0.25) is 5.15 Å². The van der Waals surface area contributed by atoms with E-state index in [9.17, 15) is 0 Å². The molecule has 0 aliphatic heterocycles. The van der Waals surface area contributed by atoms with Gasteiger partial charge in [0.1, 0.15) is 17.3 Å². The maximum atomic E-state index is 6.21. The highest BCUT2D eigenvalue weighted by Gasteiger charge is 2.13. The van der Waals surface area contributed by atoms with E-state index < -0.39 is 0 Å². The molecule has 4 heteroatoms. The van der Waals surface area contributed by atoms with Crippen LogP contribution in [0.5, 0.6) is 0 Å². The molecule has 1 heterocycles. The molecular formula is C16H20ClN3. The van der Waals surface area contributed by atoms with E-state index in [1.807, 2.05) is 7.05 Å². The van der Waals surface area contributed by atoms with Gasteiger partial charge in [0.2, 0.25) is 0 Å². The van der Waals surface area contributed by atoms with Crippen LogP contribution in [-0.2, 0) is 13.0 Å². The molecule has 0 N–H and O–H groups in total. The Hall–Kier alpha value is -1.61. The molecule has 20 heavy (non-hydrogen) atoms. The lowest BCUT2D eigenvalue weighted by molar-refractivity contribution is 0.839. The number of aryl methyl sites for hydroxylation is 1. The van der Waals surface area contributed by atoms with Gasteiger partial charge in [-0.15, -0.1) is 0 Å². The summed E-state index contributed by atoms with van der Waals surface area (Å²) in [5.74, 6) is 0.926. The zero-order valence-corrected chi connectivity index (χ0v) is 13.0. The van der Waals surface area contributed by atoms with E-state index in [4.69, 9.17) is 11.6 Å². The van der Waals surface area contributed by atoms with E-state index in [0.29, 0.717) is 5.15 Å². The molecular weight excluding hydrogens is 270 g/mol. The summed E-state index contributed by atoms with van der Waals surface area (Å²) in [6, 6.07) is 8.40. The Kier molecular flexibility index (Phi) is 4.96. The van der Waals surface area contributed by atoms with Crippen LogP contribution >= 0.6 is 11.6 Å². The zero-order chi connectivity index (χ0) is 14.5. The van der Waals surface area contributed by atoms with Crippen molar-refractivity contribution in [2.24, 2.45) is 0 Å². The van der Waals surface area contributed by atoms with Crippen LogP contribution in [0, 0.1) is 6.92 Å². The highest BCUT2D eigenvalue weighted by molar-refractivity contribution is 6.30. The number of anilines is 1. The molecule has 0 aliphatic rings. The Morgan fingerprint density at radius 2 is 1.95 bits per heavy atom. The summed E-state index contributed by atoms with van der Waals surface area (Å²) in [4.78, 5) is 10.6. The van der Waals surface area contributed by atoms with E-state index in [-0.39, 0.29) is 0 Å². The summed E-state index contributed by atoms with van der Waals surface area (Å²) in [6.45, 7) is 5.08. The quantitative estimate of drug-likeness (QED) is 0.778. The first-order chi connectivity index (χ1) is 9.63. The lowest BCUT2D eigenvalue weighted by Crippen LogP contribution is -2.20. The average molecular weight is 290 g/mol. The van der Waals surface area contributed by atoms with E-state index in [0.717, 1.165) is 30.8 Å². The van der Waals surface area contributed by atoms with Crippen molar-refractivity contribution in [3.8, 4) is 0 Å². The number of aromatic nitrogens is 2. The highest BCUT2D eigenvalue weighted by atomic mass is 35.5. The zero-order valence-electron chi connectivity index (χ0n) is 12.2. The molecule has 0 aliphatic carbocycles. The largest absolute Gasteiger partial charge is 0.355 e. The predicted octanol–water partition coefficient (Wildman–Crippen LogP) is 4.03. The minimum atomic E-state index is 0.563. The van der Waals surface area contributed by atoms with Crippen molar-refractivity contribution in [2.75, 3.05) is 11.9 Å². The van der Waals surface area contributed by atoms with Crippen molar-refractivity contribution in [1.82, 2.24) is 9.97 Å². The van der Waals surface area contributed by atoms with Gasteiger partial charge >= 0.3 is 0 Å². The van der Waals surface area contributed by atoms with E-state index in [1.54, 1.807) is 0 Å². The molecule has 0 fully saturated rings. The number of rotatable bonds is 5. The molecule has 1 aromatic heterocycles. The second-order valence-electron chi connectivity index (χ2n) is 5.00. The highest BCUT2D eigenvalue weighted by Crippen LogP contribution is 2.25. The van der Waals surface area contributed by atoms with E-state index in [2.05, 4.69) is 53.0 Å². The van der Waals surface area contributed by atoms with Crippen molar-refractivity contribution < 1.29 is 0 Å². The minimum Gasteiger partial charge on any atom is -0.355 e. The van der Waals surface area contributed by atoms with Gasteiger partial charge in [0.25, 0.3) is 0 Å². The fraction of sp³-hybridized carbons (Fsp3) is 0.375. The van der Waals surface area contributed by atoms with Gasteiger partial charge in [-0.25, -0.2) is 9.97 Å². The second-order valence-corrected chi connectivity index (χ2v) is 5.36. The van der Waals surface area contributed by atoms with Crippen LogP contribution in [-0.4, -0.2) is 17.0 Å². The Balaban J connectivity index is 2.27. The third-order valence-electron chi connectivity index (χ3n) is 3.40. The molecule has 0 spiro atoms. The third kappa shape index (κ3) is 3.28. The first kappa shape index (κ1) is 14.8. The second kappa shape index (κ2) is 6.71. The summed E-state index contributed by atoms with van der Waals surface area (Å²) in [5, 5.41) is 0.563. The van der Waals surface area contributed by atoms with E-state index in [1.165, 1.54) is 17.5 Å². The van der Waals surface area contributed by atoms with Gasteiger partial charge in [0, 0.05) is 19.2 Å². The molecule has 0 saturated carbocycles. The molecule has 2 rings (SSSR count). The molecule has 0 radical (unpaired) electrons. The fourth-order valence-corrected chi connectivity index (χ4v) is 2.52. The average Bonchev–Trinajstić information content (AvgIpc) is 2.43. The monoisotopic (exact) mass is 289 g/mol.